The Morgan fingerprint density at radius 2 is 2.09 bits per heavy atom. The molecule has 11 heavy (non-hydrogen) atoms. The van der Waals surface area contributed by atoms with Gasteiger partial charge in [0.15, 0.2) is 5.78 Å². The SMILES string of the molecule is [CH2]c1ccccc1C(=O)CN. The minimum absolute atomic E-state index is 0.0481. The van der Waals surface area contributed by atoms with Crippen LogP contribution >= 0.6 is 0 Å². The third kappa shape index (κ3) is 1.65. The summed E-state index contributed by atoms with van der Waals surface area (Å²) in [5.74, 6) is -0.0596. The molecule has 2 N–H and O–H groups in total. The molecule has 0 fully saturated rings. The van der Waals surface area contributed by atoms with Crippen LogP contribution in [0.3, 0.4) is 0 Å². The molecule has 0 aliphatic carbocycles. The fraction of sp³-hybridized carbons (Fsp3) is 0.111. The lowest BCUT2D eigenvalue weighted by Crippen LogP contribution is -2.14. The van der Waals surface area contributed by atoms with Crippen molar-refractivity contribution in [2.45, 2.75) is 0 Å². The van der Waals surface area contributed by atoms with Crippen LogP contribution in [-0.4, -0.2) is 12.3 Å². The number of nitrogens with two attached hydrogens (primary N) is 1. The predicted molar refractivity (Wildman–Crippen MR) is 44.3 cm³/mol. The molecule has 0 amide bonds. The normalized spacial score (nSPS) is 9.64. The Kier molecular flexibility index (Phi) is 2.39. The van der Waals surface area contributed by atoms with Gasteiger partial charge in [-0.2, -0.15) is 0 Å². The number of ketones is 1. The van der Waals surface area contributed by atoms with Gasteiger partial charge in [-0.1, -0.05) is 24.3 Å². The van der Waals surface area contributed by atoms with Crippen LogP contribution in [0.15, 0.2) is 24.3 Å². The second-order valence-electron chi connectivity index (χ2n) is 2.28. The van der Waals surface area contributed by atoms with E-state index in [0.717, 1.165) is 5.56 Å². The van der Waals surface area contributed by atoms with E-state index in [0.29, 0.717) is 5.56 Å². The van der Waals surface area contributed by atoms with Crippen molar-refractivity contribution in [2.75, 3.05) is 6.54 Å². The summed E-state index contributed by atoms with van der Waals surface area (Å²) >= 11 is 0. The van der Waals surface area contributed by atoms with Crippen molar-refractivity contribution in [2.24, 2.45) is 5.73 Å². The van der Waals surface area contributed by atoms with Crippen LogP contribution in [0, 0.1) is 6.92 Å². The van der Waals surface area contributed by atoms with Crippen LogP contribution in [0.4, 0.5) is 0 Å². The first-order valence-corrected chi connectivity index (χ1v) is 3.40. The van der Waals surface area contributed by atoms with Crippen molar-refractivity contribution in [1.29, 1.82) is 0 Å². The van der Waals surface area contributed by atoms with E-state index in [1.54, 1.807) is 18.2 Å². The Labute approximate surface area is 66.0 Å². The van der Waals surface area contributed by atoms with Crippen molar-refractivity contribution in [3.8, 4) is 0 Å². The van der Waals surface area contributed by atoms with Crippen molar-refractivity contribution >= 4 is 5.78 Å². The molecule has 0 saturated heterocycles. The summed E-state index contributed by atoms with van der Waals surface area (Å²) in [7, 11) is 0. The molecule has 0 aliphatic heterocycles. The van der Waals surface area contributed by atoms with Crippen molar-refractivity contribution in [3.05, 3.63) is 42.3 Å². The second-order valence-corrected chi connectivity index (χ2v) is 2.28. The molecule has 0 saturated carbocycles. The van der Waals surface area contributed by atoms with Gasteiger partial charge in [0.25, 0.3) is 0 Å². The molecule has 1 rings (SSSR count). The Morgan fingerprint density at radius 3 is 2.64 bits per heavy atom. The number of carbonyl (C=O) groups excluding carboxylic acids is 1. The number of carbonyl (C=O) groups is 1. The van der Waals surface area contributed by atoms with E-state index in [-0.39, 0.29) is 12.3 Å². The largest absolute Gasteiger partial charge is 0.324 e. The maximum atomic E-state index is 11.1. The Balaban J connectivity index is 3.03. The quantitative estimate of drug-likeness (QED) is 0.636. The first-order chi connectivity index (χ1) is 5.25. The van der Waals surface area contributed by atoms with Crippen molar-refractivity contribution in [3.63, 3.8) is 0 Å². The zero-order valence-corrected chi connectivity index (χ0v) is 6.21. The molecular formula is C9H10NO. The van der Waals surface area contributed by atoms with E-state index in [1.165, 1.54) is 0 Å². The van der Waals surface area contributed by atoms with Crippen molar-refractivity contribution in [1.82, 2.24) is 0 Å². The lowest BCUT2D eigenvalue weighted by Gasteiger charge is -2.00. The number of benzene rings is 1. The van der Waals surface area contributed by atoms with Gasteiger partial charge in [-0.3, -0.25) is 4.79 Å². The van der Waals surface area contributed by atoms with Gasteiger partial charge < -0.3 is 5.73 Å². The summed E-state index contributed by atoms with van der Waals surface area (Å²) in [4.78, 5) is 11.1. The summed E-state index contributed by atoms with van der Waals surface area (Å²) in [6, 6.07) is 7.17. The summed E-state index contributed by atoms with van der Waals surface area (Å²) in [6.07, 6.45) is 0. The Morgan fingerprint density at radius 1 is 1.45 bits per heavy atom. The first-order valence-electron chi connectivity index (χ1n) is 3.40. The minimum Gasteiger partial charge on any atom is -0.324 e. The Bertz CT molecular complexity index is 268. The number of hydrogen-bond acceptors (Lipinski definition) is 2. The lowest BCUT2D eigenvalue weighted by atomic mass is 10.1. The van der Waals surface area contributed by atoms with Crippen LogP contribution in [0.25, 0.3) is 0 Å². The Hall–Kier alpha value is -1.15. The van der Waals surface area contributed by atoms with Gasteiger partial charge in [-0.05, 0) is 12.5 Å². The highest BCUT2D eigenvalue weighted by molar-refractivity contribution is 5.99. The van der Waals surface area contributed by atoms with Gasteiger partial charge in [0.05, 0.1) is 6.54 Å². The second kappa shape index (κ2) is 3.30. The average Bonchev–Trinajstić information content (AvgIpc) is 2.04. The number of rotatable bonds is 2. The number of hydrogen-bond donors (Lipinski definition) is 1. The molecule has 1 radical (unpaired) electrons. The fourth-order valence-electron chi connectivity index (χ4n) is 0.902. The summed E-state index contributed by atoms with van der Waals surface area (Å²) in [5, 5.41) is 0. The van der Waals surface area contributed by atoms with Gasteiger partial charge in [-0.25, -0.2) is 0 Å². The highest BCUT2D eigenvalue weighted by Gasteiger charge is 2.04. The maximum absolute atomic E-state index is 11.1. The third-order valence-corrected chi connectivity index (χ3v) is 1.50. The van der Waals surface area contributed by atoms with Gasteiger partial charge in [-0.15, -0.1) is 0 Å². The molecule has 0 spiro atoms. The van der Waals surface area contributed by atoms with E-state index in [9.17, 15) is 4.79 Å². The van der Waals surface area contributed by atoms with Crippen LogP contribution in [-0.2, 0) is 0 Å². The van der Waals surface area contributed by atoms with E-state index in [4.69, 9.17) is 5.73 Å². The monoisotopic (exact) mass is 148 g/mol. The van der Waals surface area contributed by atoms with E-state index < -0.39 is 0 Å². The standard InChI is InChI=1S/C9H10NO/c1-7-4-2-3-5-8(7)9(11)6-10/h2-5H,1,6,10H2. The van der Waals surface area contributed by atoms with E-state index in [2.05, 4.69) is 6.92 Å². The highest BCUT2D eigenvalue weighted by atomic mass is 16.1. The van der Waals surface area contributed by atoms with Gasteiger partial charge in [0.1, 0.15) is 0 Å². The van der Waals surface area contributed by atoms with E-state index >= 15 is 0 Å². The zero-order chi connectivity index (χ0) is 8.27. The molecule has 0 aliphatic rings. The molecule has 1 aromatic rings. The fourth-order valence-corrected chi connectivity index (χ4v) is 0.902. The van der Waals surface area contributed by atoms with Crippen LogP contribution in [0.1, 0.15) is 15.9 Å². The molecular weight excluding hydrogens is 138 g/mol. The molecule has 2 nitrogen and oxygen atoms in total. The van der Waals surface area contributed by atoms with Crippen LogP contribution in [0.5, 0.6) is 0 Å². The molecule has 0 bridgehead atoms. The summed E-state index contributed by atoms with van der Waals surface area (Å²) in [6.45, 7) is 3.76. The highest BCUT2D eigenvalue weighted by Crippen LogP contribution is 2.06. The molecule has 1 aromatic carbocycles. The lowest BCUT2D eigenvalue weighted by molar-refractivity contribution is 0.100. The average molecular weight is 148 g/mol. The van der Waals surface area contributed by atoms with Crippen molar-refractivity contribution < 1.29 is 4.79 Å². The maximum Gasteiger partial charge on any atom is 0.176 e. The molecule has 0 unspecified atom stereocenters. The molecule has 0 heterocycles. The molecule has 57 valence electrons. The molecule has 0 atom stereocenters. The van der Waals surface area contributed by atoms with Crippen LogP contribution < -0.4 is 5.73 Å². The number of Topliss-reactive ketones (excluding diaryl/α,β-unsaturated/α-hetero) is 1. The smallest absolute Gasteiger partial charge is 0.176 e. The summed E-state index contributed by atoms with van der Waals surface area (Å²) < 4.78 is 0. The first kappa shape index (κ1) is 7.95. The predicted octanol–water partition coefficient (Wildman–Crippen LogP) is 1.01. The summed E-state index contributed by atoms with van der Waals surface area (Å²) in [5.41, 5.74) is 6.55. The van der Waals surface area contributed by atoms with Gasteiger partial charge in [0.2, 0.25) is 0 Å². The topological polar surface area (TPSA) is 43.1 Å². The van der Waals surface area contributed by atoms with E-state index in [1.807, 2.05) is 6.07 Å². The van der Waals surface area contributed by atoms with Gasteiger partial charge in [0, 0.05) is 5.56 Å². The third-order valence-electron chi connectivity index (χ3n) is 1.50. The molecule has 2 heteroatoms. The molecule has 0 aromatic heterocycles. The zero-order valence-electron chi connectivity index (χ0n) is 6.21. The van der Waals surface area contributed by atoms with Gasteiger partial charge >= 0.3 is 0 Å². The van der Waals surface area contributed by atoms with Crippen LogP contribution in [0.2, 0.25) is 0 Å². The minimum atomic E-state index is -0.0596.